The van der Waals surface area contributed by atoms with Gasteiger partial charge in [-0.15, -0.1) is 0 Å². The normalized spacial score (nSPS) is 15.6. The molecule has 2 N–H and O–H groups in total. The summed E-state index contributed by atoms with van der Waals surface area (Å²) in [5.41, 5.74) is 5.47. The van der Waals surface area contributed by atoms with Gasteiger partial charge in [0.25, 0.3) is 0 Å². The summed E-state index contributed by atoms with van der Waals surface area (Å²) < 4.78 is 38.0. The predicted octanol–water partition coefficient (Wildman–Crippen LogP) is 2.85. The summed E-state index contributed by atoms with van der Waals surface area (Å²) in [4.78, 5) is 8.81. The average molecular weight is 274 g/mol. The van der Waals surface area contributed by atoms with Crippen LogP contribution in [-0.2, 0) is 6.18 Å². The van der Waals surface area contributed by atoms with E-state index in [4.69, 9.17) is 5.73 Å². The molecule has 2 rings (SSSR count). The van der Waals surface area contributed by atoms with Crippen LogP contribution in [0.5, 0.6) is 0 Å². The number of anilines is 2. The molecule has 0 amide bonds. The molecule has 0 unspecified atom stereocenters. The Morgan fingerprint density at radius 2 is 2.05 bits per heavy atom. The van der Waals surface area contributed by atoms with Crippen molar-refractivity contribution < 1.29 is 13.2 Å². The SMILES string of the molecule is CCCCN(c1cc(N)nc(C(F)(F)F)n1)C1CC1. The molecule has 106 valence electrons. The Kier molecular flexibility index (Phi) is 3.82. The van der Waals surface area contributed by atoms with Gasteiger partial charge in [0.1, 0.15) is 11.6 Å². The molecule has 1 aromatic rings. The first-order chi connectivity index (χ1) is 8.91. The fraction of sp³-hybridized carbons (Fsp3) is 0.667. The highest BCUT2D eigenvalue weighted by molar-refractivity contribution is 5.49. The summed E-state index contributed by atoms with van der Waals surface area (Å²) in [6.45, 7) is 2.75. The van der Waals surface area contributed by atoms with Gasteiger partial charge in [-0.05, 0) is 19.3 Å². The third-order valence-corrected chi connectivity index (χ3v) is 3.02. The Bertz CT molecular complexity index is 443. The lowest BCUT2D eigenvalue weighted by Crippen LogP contribution is -2.29. The van der Waals surface area contributed by atoms with Crippen molar-refractivity contribution in [3.8, 4) is 0 Å². The molecule has 0 aliphatic heterocycles. The third-order valence-electron chi connectivity index (χ3n) is 3.02. The zero-order valence-electron chi connectivity index (χ0n) is 10.7. The zero-order chi connectivity index (χ0) is 14.0. The number of rotatable bonds is 5. The summed E-state index contributed by atoms with van der Waals surface area (Å²) in [5, 5.41) is 0. The van der Waals surface area contributed by atoms with Gasteiger partial charge in [-0.1, -0.05) is 13.3 Å². The van der Waals surface area contributed by atoms with E-state index in [2.05, 4.69) is 9.97 Å². The lowest BCUT2D eigenvalue weighted by Gasteiger charge is -2.24. The van der Waals surface area contributed by atoms with Gasteiger partial charge < -0.3 is 10.6 Å². The second kappa shape index (κ2) is 5.22. The van der Waals surface area contributed by atoms with Gasteiger partial charge >= 0.3 is 6.18 Å². The molecule has 1 aromatic heterocycles. The minimum absolute atomic E-state index is 0.139. The third kappa shape index (κ3) is 3.48. The molecule has 0 spiro atoms. The minimum Gasteiger partial charge on any atom is -0.384 e. The number of hydrogen-bond acceptors (Lipinski definition) is 4. The highest BCUT2D eigenvalue weighted by atomic mass is 19.4. The zero-order valence-corrected chi connectivity index (χ0v) is 10.7. The van der Waals surface area contributed by atoms with E-state index in [1.54, 1.807) is 0 Å². The molecule has 1 aliphatic rings. The molecule has 0 saturated heterocycles. The predicted molar refractivity (Wildman–Crippen MR) is 66.7 cm³/mol. The van der Waals surface area contributed by atoms with Crippen molar-refractivity contribution in [2.45, 2.75) is 44.8 Å². The Hall–Kier alpha value is -1.53. The molecule has 0 bridgehead atoms. The van der Waals surface area contributed by atoms with Gasteiger partial charge in [-0.3, -0.25) is 0 Å². The minimum atomic E-state index is -4.57. The van der Waals surface area contributed by atoms with E-state index in [0.717, 1.165) is 25.7 Å². The van der Waals surface area contributed by atoms with Gasteiger partial charge in [-0.2, -0.15) is 13.2 Å². The Morgan fingerprint density at radius 1 is 1.37 bits per heavy atom. The topological polar surface area (TPSA) is 55.0 Å². The first-order valence-corrected chi connectivity index (χ1v) is 6.40. The number of nitrogens with two attached hydrogens (primary N) is 1. The van der Waals surface area contributed by atoms with Crippen LogP contribution in [-0.4, -0.2) is 22.6 Å². The van der Waals surface area contributed by atoms with Gasteiger partial charge in [0.15, 0.2) is 0 Å². The summed E-state index contributed by atoms with van der Waals surface area (Å²) in [7, 11) is 0. The molecule has 0 atom stereocenters. The molecule has 1 fully saturated rings. The van der Waals surface area contributed by atoms with E-state index < -0.39 is 12.0 Å². The Labute approximate surface area is 109 Å². The van der Waals surface area contributed by atoms with Gasteiger partial charge in [0.2, 0.25) is 5.82 Å². The molecule has 0 aromatic carbocycles. The number of unbranched alkanes of at least 4 members (excludes halogenated alkanes) is 1. The van der Waals surface area contributed by atoms with Crippen molar-refractivity contribution in [2.75, 3.05) is 17.2 Å². The van der Waals surface area contributed by atoms with Gasteiger partial charge in [0.05, 0.1) is 0 Å². The van der Waals surface area contributed by atoms with E-state index in [1.165, 1.54) is 6.07 Å². The molecule has 4 nitrogen and oxygen atoms in total. The Balaban J connectivity index is 2.28. The second-order valence-corrected chi connectivity index (χ2v) is 4.75. The molecule has 1 saturated carbocycles. The summed E-state index contributed by atoms with van der Waals surface area (Å²) in [6, 6.07) is 1.71. The number of halogens is 3. The molecular weight excluding hydrogens is 257 g/mol. The van der Waals surface area contributed by atoms with Crippen LogP contribution in [0.15, 0.2) is 6.07 Å². The van der Waals surface area contributed by atoms with Crippen molar-refractivity contribution >= 4 is 11.6 Å². The van der Waals surface area contributed by atoms with Crippen LogP contribution in [0, 0.1) is 0 Å². The molecule has 7 heteroatoms. The maximum atomic E-state index is 12.7. The van der Waals surface area contributed by atoms with Crippen LogP contribution in [0.25, 0.3) is 0 Å². The van der Waals surface area contributed by atoms with Crippen molar-refractivity contribution in [1.82, 2.24) is 9.97 Å². The van der Waals surface area contributed by atoms with Gasteiger partial charge in [0, 0.05) is 18.7 Å². The van der Waals surface area contributed by atoms with Crippen LogP contribution in [0.3, 0.4) is 0 Å². The van der Waals surface area contributed by atoms with E-state index in [-0.39, 0.29) is 11.6 Å². The van der Waals surface area contributed by atoms with E-state index in [9.17, 15) is 13.2 Å². The molecule has 1 heterocycles. The molecule has 0 radical (unpaired) electrons. The van der Waals surface area contributed by atoms with Crippen molar-refractivity contribution in [2.24, 2.45) is 0 Å². The maximum Gasteiger partial charge on any atom is 0.451 e. The van der Waals surface area contributed by atoms with E-state index in [1.807, 2.05) is 11.8 Å². The van der Waals surface area contributed by atoms with Crippen molar-refractivity contribution in [1.29, 1.82) is 0 Å². The monoisotopic (exact) mass is 274 g/mol. The lowest BCUT2D eigenvalue weighted by molar-refractivity contribution is -0.144. The van der Waals surface area contributed by atoms with Crippen LogP contribution >= 0.6 is 0 Å². The average Bonchev–Trinajstić information content (AvgIpc) is 3.12. The lowest BCUT2D eigenvalue weighted by atomic mass is 10.3. The van der Waals surface area contributed by atoms with Crippen LogP contribution in [0.1, 0.15) is 38.4 Å². The first-order valence-electron chi connectivity index (χ1n) is 6.40. The maximum absolute atomic E-state index is 12.7. The van der Waals surface area contributed by atoms with E-state index in [0.29, 0.717) is 12.6 Å². The number of hydrogen-bond donors (Lipinski definition) is 1. The largest absolute Gasteiger partial charge is 0.451 e. The van der Waals surface area contributed by atoms with Crippen LogP contribution in [0.4, 0.5) is 24.8 Å². The number of alkyl halides is 3. The summed E-state index contributed by atoms with van der Waals surface area (Å²) >= 11 is 0. The number of aromatic nitrogens is 2. The summed E-state index contributed by atoms with van der Waals surface area (Å²) in [5.74, 6) is -1.01. The number of nitrogen functional groups attached to an aromatic ring is 1. The van der Waals surface area contributed by atoms with Crippen LogP contribution < -0.4 is 10.6 Å². The van der Waals surface area contributed by atoms with Crippen LogP contribution in [0.2, 0.25) is 0 Å². The smallest absolute Gasteiger partial charge is 0.384 e. The van der Waals surface area contributed by atoms with Crippen molar-refractivity contribution in [3.63, 3.8) is 0 Å². The number of nitrogens with zero attached hydrogens (tertiary/aromatic N) is 3. The second-order valence-electron chi connectivity index (χ2n) is 4.75. The standard InChI is InChI=1S/C12H17F3N4/c1-2-3-6-19(8-4-5-8)10-7-9(16)17-11(18-10)12(13,14)15/h7-8H,2-6H2,1H3,(H2,16,17,18). The Morgan fingerprint density at radius 3 is 2.58 bits per heavy atom. The first kappa shape index (κ1) is 13.9. The van der Waals surface area contributed by atoms with Gasteiger partial charge in [-0.25, -0.2) is 9.97 Å². The highest BCUT2D eigenvalue weighted by Crippen LogP contribution is 2.34. The van der Waals surface area contributed by atoms with E-state index >= 15 is 0 Å². The fourth-order valence-electron chi connectivity index (χ4n) is 1.93. The quantitative estimate of drug-likeness (QED) is 0.897. The molecule has 1 aliphatic carbocycles. The highest BCUT2D eigenvalue weighted by Gasteiger charge is 2.37. The molecular formula is C12H17F3N4. The van der Waals surface area contributed by atoms with Crippen molar-refractivity contribution in [3.05, 3.63) is 11.9 Å². The summed E-state index contributed by atoms with van der Waals surface area (Å²) in [6.07, 6.45) is -0.675. The molecule has 19 heavy (non-hydrogen) atoms. The fourth-order valence-corrected chi connectivity index (χ4v) is 1.93.